The van der Waals surface area contributed by atoms with Crippen LogP contribution in [0, 0.1) is 0 Å². The summed E-state index contributed by atoms with van der Waals surface area (Å²) in [6.07, 6.45) is 4.36. The molecule has 2 aromatic rings. The van der Waals surface area contributed by atoms with Gasteiger partial charge in [0, 0.05) is 42.9 Å². The van der Waals surface area contributed by atoms with Gasteiger partial charge in [-0.15, -0.1) is 12.6 Å². The van der Waals surface area contributed by atoms with E-state index >= 15 is 0 Å². The molecule has 0 aliphatic carbocycles. The van der Waals surface area contributed by atoms with Crippen molar-refractivity contribution in [2.24, 2.45) is 7.05 Å². The van der Waals surface area contributed by atoms with E-state index in [4.69, 9.17) is 0 Å². The third-order valence-corrected chi connectivity index (χ3v) is 2.94. The number of nitrogens with one attached hydrogen (secondary N) is 1. The molecule has 1 N–H and O–H groups in total. The van der Waals surface area contributed by atoms with Crippen LogP contribution in [0.1, 0.15) is 16.2 Å². The molecule has 1 heterocycles. The molecule has 0 saturated heterocycles. The van der Waals surface area contributed by atoms with Gasteiger partial charge in [-0.25, -0.2) is 4.98 Å². The average Bonchev–Trinajstić information content (AvgIpc) is 2.75. The number of thiol groups is 1. The zero-order valence-electron chi connectivity index (χ0n) is 10.1. The molecule has 5 heteroatoms. The van der Waals surface area contributed by atoms with Crippen LogP contribution in [0.4, 0.5) is 0 Å². The third-order valence-electron chi connectivity index (χ3n) is 2.66. The number of benzene rings is 1. The fourth-order valence-corrected chi connectivity index (χ4v) is 1.90. The Balaban J connectivity index is 1.87. The van der Waals surface area contributed by atoms with E-state index in [9.17, 15) is 4.79 Å². The van der Waals surface area contributed by atoms with Crippen LogP contribution in [0.2, 0.25) is 0 Å². The molecule has 1 aromatic heterocycles. The lowest BCUT2D eigenvalue weighted by atomic mass is 10.2. The first kappa shape index (κ1) is 12.7. The number of carbonyl (C=O) groups excluding carboxylic acids is 1. The quantitative estimate of drug-likeness (QED) is 0.823. The number of rotatable bonds is 4. The van der Waals surface area contributed by atoms with Gasteiger partial charge < -0.3 is 9.88 Å². The summed E-state index contributed by atoms with van der Waals surface area (Å²) < 4.78 is 1.94. The molecule has 2 rings (SSSR count). The second-order valence-corrected chi connectivity index (χ2v) is 4.53. The van der Waals surface area contributed by atoms with E-state index < -0.39 is 0 Å². The highest BCUT2D eigenvalue weighted by Crippen LogP contribution is 2.08. The molecule has 0 fully saturated rings. The highest BCUT2D eigenvalue weighted by Gasteiger charge is 2.05. The predicted octanol–water partition coefficient (Wildman–Crippen LogP) is 1.68. The lowest BCUT2D eigenvalue weighted by molar-refractivity contribution is 0.0953. The van der Waals surface area contributed by atoms with Crippen molar-refractivity contribution in [3.63, 3.8) is 0 Å². The first-order chi connectivity index (χ1) is 8.66. The van der Waals surface area contributed by atoms with Gasteiger partial charge in [0.1, 0.15) is 5.82 Å². The summed E-state index contributed by atoms with van der Waals surface area (Å²) >= 11 is 4.21. The van der Waals surface area contributed by atoms with E-state index in [0.29, 0.717) is 12.1 Å². The summed E-state index contributed by atoms with van der Waals surface area (Å²) in [5, 5.41) is 2.87. The zero-order chi connectivity index (χ0) is 13.0. The normalized spacial score (nSPS) is 10.3. The van der Waals surface area contributed by atoms with Crippen LogP contribution in [-0.2, 0) is 13.5 Å². The molecule has 0 aliphatic rings. The van der Waals surface area contributed by atoms with E-state index in [0.717, 1.165) is 17.1 Å². The van der Waals surface area contributed by atoms with E-state index in [1.165, 1.54) is 0 Å². The summed E-state index contributed by atoms with van der Waals surface area (Å²) in [5.41, 5.74) is 0.627. The Bertz CT molecular complexity index is 551. The first-order valence-electron chi connectivity index (χ1n) is 5.70. The minimum Gasteiger partial charge on any atom is -0.352 e. The Hall–Kier alpha value is -1.75. The number of nitrogens with zero attached hydrogens (tertiary/aromatic N) is 2. The fraction of sp³-hybridized carbons (Fsp3) is 0.231. The summed E-state index contributed by atoms with van der Waals surface area (Å²) in [5.74, 6) is 0.873. The topological polar surface area (TPSA) is 46.9 Å². The molecular weight excluding hydrogens is 246 g/mol. The molecule has 94 valence electrons. The number of amides is 1. The van der Waals surface area contributed by atoms with Crippen molar-refractivity contribution < 1.29 is 4.79 Å². The first-order valence-corrected chi connectivity index (χ1v) is 6.15. The predicted molar refractivity (Wildman–Crippen MR) is 72.9 cm³/mol. The second-order valence-electron chi connectivity index (χ2n) is 4.01. The molecule has 0 radical (unpaired) electrons. The molecule has 18 heavy (non-hydrogen) atoms. The number of hydrogen-bond acceptors (Lipinski definition) is 3. The monoisotopic (exact) mass is 261 g/mol. The lowest BCUT2D eigenvalue weighted by Gasteiger charge is -2.05. The van der Waals surface area contributed by atoms with Gasteiger partial charge in [0.15, 0.2) is 0 Å². The van der Waals surface area contributed by atoms with Crippen molar-refractivity contribution in [2.75, 3.05) is 6.54 Å². The maximum absolute atomic E-state index is 11.8. The van der Waals surface area contributed by atoms with Gasteiger partial charge in [-0.05, 0) is 18.2 Å². The molecule has 0 bridgehead atoms. The molecule has 0 aliphatic heterocycles. The van der Waals surface area contributed by atoms with Gasteiger partial charge in [-0.1, -0.05) is 6.07 Å². The van der Waals surface area contributed by atoms with Crippen molar-refractivity contribution in [2.45, 2.75) is 11.3 Å². The number of aromatic nitrogens is 2. The van der Waals surface area contributed by atoms with Crippen molar-refractivity contribution in [1.29, 1.82) is 0 Å². The lowest BCUT2D eigenvalue weighted by Crippen LogP contribution is -2.26. The van der Waals surface area contributed by atoms with Crippen molar-refractivity contribution in [1.82, 2.24) is 14.9 Å². The number of carbonyl (C=O) groups is 1. The van der Waals surface area contributed by atoms with Crippen LogP contribution in [-0.4, -0.2) is 22.0 Å². The summed E-state index contributed by atoms with van der Waals surface area (Å²) in [6, 6.07) is 7.18. The van der Waals surface area contributed by atoms with Crippen LogP contribution in [0.25, 0.3) is 0 Å². The standard InChI is InChI=1S/C13H15N3OS/c1-16-8-7-14-12(16)5-6-15-13(17)10-3-2-4-11(18)9-10/h2-4,7-9,18H,5-6H2,1H3,(H,15,17). The molecule has 0 atom stereocenters. The largest absolute Gasteiger partial charge is 0.352 e. The van der Waals surface area contributed by atoms with Gasteiger partial charge >= 0.3 is 0 Å². The van der Waals surface area contributed by atoms with Crippen LogP contribution >= 0.6 is 12.6 Å². The van der Waals surface area contributed by atoms with E-state index in [-0.39, 0.29) is 5.91 Å². The molecule has 0 unspecified atom stereocenters. The zero-order valence-corrected chi connectivity index (χ0v) is 11.0. The summed E-state index contributed by atoms with van der Waals surface area (Å²) in [4.78, 5) is 16.8. The number of imidazole rings is 1. The SMILES string of the molecule is Cn1ccnc1CCNC(=O)c1cccc(S)c1. The van der Waals surface area contributed by atoms with Gasteiger partial charge in [0.05, 0.1) is 0 Å². The van der Waals surface area contributed by atoms with Crippen LogP contribution in [0.5, 0.6) is 0 Å². The maximum Gasteiger partial charge on any atom is 0.251 e. The Kier molecular flexibility index (Phi) is 4.04. The molecule has 0 spiro atoms. The molecule has 0 saturated carbocycles. The van der Waals surface area contributed by atoms with E-state index in [1.807, 2.05) is 29.9 Å². The Morgan fingerprint density at radius 2 is 2.33 bits per heavy atom. The fourth-order valence-electron chi connectivity index (χ4n) is 1.67. The highest BCUT2D eigenvalue weighted by molar-refractivity contribution is 7.80. The smallest absolute Gasteiger partial charge is 0.251 e. The number of hydrogen-bond donors (Lipinski definition) is 2. The molecular formula is C13H15N3OS. The minimum atomic E-state index is -0.0832. The Labute approximate surface area is 111 Å². The van der Waals surface area contributed by atoms with Crippen LogP contribution in [0.3, 0.4) is 0 Å². The molecule has 4 nitrogen and oxygen atoms in total. The number of aryl methyl sites for hydroxylation is 1. The van der Waals surface area contributed by atoms with Crippen LogP contribution in [0.15, 0.2) is 41.6 Å². The molecule has 1 aromatic carbocycles. The van der Waals surface area contributed by atoms with Crippen molar-refractivity contribution in [3.05, 3.63) is 48.0 Å². The van der Waals surface area contributed by atoms with Gasteiger partial charge in [0.2, 0.25) is 0 Å². The maximum atomic E-state index is 11.8. The van der Waals surface area contributed by atoms with Gasteiger partial charge in [0.25, 0.3) is 5.91 Å². The van der Waals surface area contributed by atoms with Crippen molar-refractivity contribution in [3.8, 4) is 0 Å². The second kappa shape index (κ2) is 5.73. The van der Waals surface area contributed by atoms with Gasteiger partial charge in [-0.3, -0.25) is 4.79 Å². The average molecular weight is 261 g/mol. The van der Waals surface area contributed by atoms with Crippen LogP contribution < -0.4 is 5.32 Å². The summed E-state index contributed by atoms with van der Waals surface area (Å²) in [7, 11) is 1.94. The molecule has 1 amide bonds. The highest BCUT2D eigenvalue weighted by atomic mass is 32.1. The Morgan fingerprint density at radius 3 is 3.00 bits per heavy atom. The van der Waals surface area contributed by atoms with Crippen molar-refractivity contribution >= 4 is 18.5 Å². The van der Waals surface area contributed by atoms with Gasteiger partial charge in [-0.2, -0.15) is 0 Å². The van der Waals surface area contributed by atoms with E-state index in [1.54, 1.807) is 18.3 Å². The third kappa shape index (κ3) is 3.13. The summed E-state index contributed by atoms with van der Waals surface area (Å²) in [6.45, 7) is 0.570. The Morgan fingerprint density at radius 1 is 1.50 bits per heavy atom. The van der Waals surface area contributed by atoms with E-state index in [2.05, 4.69) is 22.9 Å². The minimum absolute atomic E-state index is 0.0832.